The molecular formula is C24H23N5O2S. The van der Waals surface area contributed by atoms with Crippen LogP contribution in [0.4, 0.5) is 5.82 Å². The maximum absolute atomic E-state index is 13.1. The Morgan fingerprint density at radius 3 is 2.38 bits per heavy atom. The maximum Gasteiger partial charge on any atom is 0.263 e. The van der Waals surface area contributed by atoms with E-state index >= 15 is 0 Å². The number of aryl methyl sites for hydroxylation is 1. The van der Waals surface area contributed by atoms with Crippen LogP contribution in [0.1, 0.15) is 37.5 Å². The Labute approximate surface area is 187 Å². The number of anilines is 1. The zero-order valence-electron chi connectivity index (χ0n) is 18.3. The van der Waals surface area contributed by atoms with Crippen LogP contribution < -0.4 is 4.72 Å². The first kappa shape index (κ1) is 21.5. The first-order valence-electron chi connectivity index (χ1n) is 10.1. The molecular weight excluding hydrogens is 422 g/mol. The van der Waals surface area contributed by atoms with Gasteiger partial charge in [-0.25, -0.2) is 12.9 Å². The SMILES string of the molecule is Cc1cncc(-c2cc3c(C#N)ccc(NS(=O)(=O)c4ccc(C(C)(C)C)cc4)n3n2)c1. The van der Waals surface area contributed by atoms with Crippen molar-refractivity contribution in [1.82, 2.24) is 14.6 Å². The number of nitriles is 1. The van der Waals surface area contributed by atoms with Gasteiger partial charge in [0.05, 0.1) is 21.7 Å². The van der Waals surface area contributed by atoms with Crippen LogP contribution in [0.5, 0.6) is 0 Å². The second kappa shape index (κ2) is 7.77. The average molecular weight is 446 g/mol. The van der Waals surface area contributed by atoms with Gasteiger partial charge in [-0.2, -0.15) is 10.4 Å². The van der Waals surface area contributed by atoms with Crippen molar-refractivity contribution in [3.63, 3.8) is 0 Å². The summed E-state index contributed by atoms with van der Waals surface area (Å²) in [4.78, 5) is 4.34. The number of nitrogens with zero attached hydrogens (tertiary/aromatic N) is 4. The Hall–Kier alpha value is -3.70. The number of hydrogen-bond donors (Lipinski definition) is 1. The van der Waals surface area contributed by atoms with Crippen molar-refractivity contribution in [3.05, 3.63) is 77.6 Å². The van der Waals surface area contributed by atoms with Gasteiger partial charge in [-0.3, -0.25) is 9.71 Å². The molecule has 0 aliphatic carbocycles. The number of benzene rings is 1. The molecule has 8 heteroatoms. The van der Waals surface area contributed by atoms with E-state index in [0.29, 0.717) is 16.8 Å². The molecule has 0 bridgehead atoms. The van der Waals surface area contributed by atoms with Crippen LogP contribution in [0.15, 0.2) is 65.8 Å². The molecule has 4 rings (SSSR count). The molecule has 0 aliphatic heterocycles. The lowest BCUT2D eigenvalue weighted by atomic mass is 9.87. The third-order valence-electron chi connectivity index (χ3n) is 5.18. The first-order chi connectivity index (χ1) is 15.1. The van der Waals surface area contributed by atoms with Crippen LogP contribution >= 0.6 is 0 Å². The van der Waals surface area contributed by atoms with E-state index in [1.807, 2.05) is 25.1 Å². The van der Waals surface area contributed by atoms with Gasteiger partial charge in [0.25, 0.3) is 10.0 Å². The highest BCUT2D eigenvalue weighted by atomic mass is 32.2. The number of pyridine rings is 2. The number of fused-ring (bicyclic) bond motifs is 1. The summed E-state index contributed by atoms with van der Waals surface area (Å²) in [5.41, 5.74) is 4.21. The second-order valence-corrected chi connectivity index (χ2v) is 10.4. The molecule has 0 fully saturated rings. The van der Waals surface area contributed by atoms with Gasteiger partial charge in [-0.05, 0) is 59.9 Å². The molecule has 1 N–H and O–H groups in total. The quantitative estimate of drug-likeness (QED) is 0.492. The van der Waals surface area contributed by atoms with Crippen LogP contribution in [-0.4, -0.2) is 23.0 Å². The Morgan fingerprint density at radius 2 is 1.75 bits per heavy atom. The predicted octanol–water partition coefficient (Wildman–Crippen LogP) is 4.67. The average Bonchev–Trinajstić information content (AvgIpc) is 3.19. The molecule has 32 heavy (non-hydrogen) atoms. The third kappa shape index (κ3) is 4.07. The smallest absolute Gasteiger partial charge is 0.263 e. The van der Waals surface area contributed by atoms with Crippen LogP contribution in [0, 0.1) is 18.3 Å². The van der Waals surface area contributed by atoms with E-state index in [0.717, 1.165) is 16.7 Å². The maximum atomic E-state index is 13.1. The first-order valence-corrected chi connectivity index (χ1v) is 11.5. The minimum atomic E-state index is -3.85. The Morgan fingerprint density at radius 1 is 1.03 bits per heavy atom. The molecule has 7 nitrogen and oxygen atoms in total. The van der Waals surface area contributed by atoms with Gasteiger partial charge in [0.1, 0.15) is 11.9 Å². The van der Waals surface area contributed by atoms with Gasteiger partial charge in [0, 0.05) is 18.0 Å². The number of aromatic nitrogens is 3. The summed E-state index contributed by atoms with van der Waals surface area (Å²) >= 11 is 0. The molecule has 0 unspecified atom stereocenters. The van der Waals surface area contributed by atoms with Crippen LogP contribution in [-0.2, 0) is 15.4 Å². The van der Waals surface area contributed by atoms with E-state index < -0.39 is 10.0 Å². The summed E-state index contributed by atoms with van der Waals surface area (Å²) in [6, 6.07) is 15.8. The van der Waals surface area contributed by atoms with Crippen molar-refractivity contribution in [2.45, 2.75) is 38.0 Å². The van der Waals surface area contributed by atoms with Crippen LogP contribution in [0.3, 0.4) is 0 Å². The normalized spacial score (nSPS) is 12.0. The molecule has 0 saturated heterocycles. The molecule has 3 heterocycles. The van der Waals surface area contributed by atoms with Gasteiger partial charge in [0.15, 0.2) is 0 Å². The van der Waals surface area contributed by atoms with Gasteiger partial charge < -0.3 is 0 Å². The van der Waals surface area contributed by atoms with E-state index in [1.165, 1.54) is 10.6 Å². The third-order valence-corrected chi connectivity index (χ3v) is 6.55. The predicted molar refractivity (Wildman–Crippen MR) is 124 cm³/mol. The van der Waals surface area contributed by atoms with E-state index in [4.69, 9.17) is 0 Å². The summed E-state index contributed by atoms with van der Waals surface area (Å²) in [6.07, 6.45) is 3.42. The van der Waals surface area contributed by atoms with Crippen molar-refractivity contribution >= 4 is 21.4 Å². The Bertz CT molecular complexity index is 1460. The largest absolute Gasteiger partial charge is 0.264 e. The molecule has 0 radical (unpaired) electrons. The van der Waals surface area contributed by atoms with E-state index in [1.54, 1.807) is 36.7 Å². The molecule has 0 aliphatic rings. The number of rotatable bonds is 4. The zero-order chi connectivity index (χ0) is 23.1. The lowest BCUT2D eigenvalue weighted by Gasteiger charge is -2.19. The highest BCUT2D eigenvalue weighted by Gasteiger charge is 2.20. The van der Waals surface area contributed by atoms with Crippen LogP contribution in [0.2, 0.25) is 0 Å². The summed E-state index contributed by atoms with van der Waals surface area (Å²) in [6.45, 7) is 8.14. The van der Waals surface area contributed by atoms with Crippen LogP contribution in [0.25, 0.3) is 16.8 Å². The van der Waals surface area contributed by atoms with Gasteiger partial charge in [-0.15, -0.1) is 0 Å². The minimum Gasteiger partial charge on any atom is -0.264 e. The molecule has 3 aromatic heterocycles. The fourth-order valence-corrected chi connectivity index (χ4v) is 4.46. The van der Waals surface area contributed by atoms with Crippen molar-refractivity contribution in [1.29, 1.82) is 5.26 Å². The van der Waals surface area contributed by atoms with Crippen molar-refractivity contribution in [2.24, 2.45) is 0 Å². The highest BCUT2D eigenvalue weighted by Crippen LogP contribution is 2.27. The van der Waals surface area contributed by atoms with Crippen molar-refractivity contribution in [2.75, 3.05) is 4.72 Å². The summed E-state index contributed by atoms with van der Waals surface area (Å²) in [7, 11) is -3.85. The highest BCUT2D eigenvalue weighted by molar-refractivity contribution is 7.92. The summed E-state index contributed by atoms with van der Waals surface area (Å²) < 4.78 is 30.2. The number of nitrogens with one attached hydrogen (secondary N) is 1. The number of sulfonamides is 1. The lowest BCUT2D eigenvalue weighted by Crippen LogP contribution is -2.17. The minimum absolute atomic E-state index is 0.0783. The lowest BCUT2D eigenvalue weighted by molar-refractivity contribution is 0.587. The molecule has 0 atom stereocenters. The van der Waals surface area contributed by atoms with Crippen molar-refractivity contribution in [3.8, 4) is 17.3 Å². The Balaban J connectivity index is 1.77. The van der Waals surface area contributed by atoms with Gasteiger partial charge >= 0.3 is 0 Å². The van der Waals surface area contributed by atoms with Crippen molar-refractivity contribution < 1.29 is 8.42 Å². The molecule has 162 valence electrons. The van der Waals surface area contributed by atoms with E-state index in [-0.39, 0.29) is 16.1 Å². The standard InChI is InChI=1S/C24H23N5O2S/c1-16-11-18(15-26-14-16)21-12-22-17(13-25)5-10-23(29(22)27-21)28-32(30,31)20-8-6-19(7-9-20)24(2,3)4/h5-12,14-15,28H,1-4H3. The molecule has 4 aromatic rings. The zero-order valence-corrected chi connectivity index (χ0v) is 19.1. The fraction of sp³-hybridized carbons (Fsp3) is 0.208. The van der Waals surface area contributed by atoms with Gasteiger partial charge in [0.2, 0.25) is 0 Å². The molecule has 0 amide bonds. The second-order valence-electron chi connectivity index (χ2n) is 8.70. The number of hydrogen-bond acceptors (Lipinski definition) is 5. The fourth-order valence-electron chi connectivity index (χ4n) is 3.41. The van der Waals surface area contributed by atoms with Gasteiger partial charge in [-0.1, -0.05) is 32.9 Å². The summed E-state index contributed by atoms with van der Waals surface area (Å²) in [5, 5.41) is 14.1. The topological polar surface area (TPSA) is 100 Å². The van der Waals surface area contributed by atoms with E-state index in [2.05, 4.69) is 41.6 Å². The Kier molecular flexibility index (Phi) is 5.23. The monoisotopic (exact) mass is 445 g/mol. The van der Waals surface area contributed by atoms with E-state index in [9.17, 15) is 13.7 Å². The molecule has 0 spiro atoms. The molecule has 1 aromatic carbocycles. The molecule has 0 saturated carbocycles. The summed E-state index contributed by atoms with van der Waals surface area (Å²) in [5.74, 6) is 0.241.